The normalized spacial score (nSPS) is 16.1. The minimum absolute atomic E-state index is 0.792. The molecule has 112 valence electrons. The molecule has 0 atom stereocenters. The van der Waals surface area contributed by atoms with E-state index < -0.39 is 0 Å². The topological polar surface area (TPSA) is 21.3 Å². The first-order valence-corrected chi connectivity index (χ1v) is 8.27. The minimum atomic E-state index is 0.792. The predicted molar refractivity (Wildman–Crippen MR) is 86.6 cm³/mol. The summed E-state index contributed by atoms with van der Waals surface area (Å²) in [6.45, 7) is 6.14. The summed E-state index contributed by atoms with van der Waals surface area (Å²) in [7, 11) is 0. The van der Waals surface area contributed by atoms with Crippen LogP contribution in [0.1, 0.15) is 57.4 Å². The van der Waals surface area contributed by atoms with E-state index in [4.69, 9.17) is 4.74 Å². The average molecular weight is 275 g/mol. The Labute approximate surface area is 123 Å². The van der Waals surface area contributed by atoms with Gasteiger partial charge in [-0.15, -0.1) is 0 Å². The van der Waals surface area contributed by atoms with Gasteiger partial charge in [0, 0.05) is 6.54 Å². The molecule has 0 spiro atoms. The molecule has 1 aromatic rings. The molecule has 1 aliphatic carbocycles. The van der Waals surface area contributed by atoms with Crippen LogP contribution in [0, 0.1) is 12.8 Å². The molecular formula is C18H29NO. The van der Waals surface area contributed by atoms with E-state index in [1.807, 2.05) is 0 Å². The van der Waals surface area contributed by atoms with E-state index in [1.54, 1.807) is 0 Å². The molecule has 1 fully saturated rings. The number of hydrogen-bond acceptors (Lipinski definition) is 2. The van der Waals surface area contributed by atoms with Crippen LogP contribution in [0.3, 0.4) is 0 Å². The third-order valence-corrected chi connectivity index (χ3v) is 4.19. The first-order chi connectivity index (χ1) is 9.79. The minimum Gasteiger partial charge on any atom is -0.491 e. The summed E-state index contributed by atoms with van der Waals surface area (Å²) in [5.41, 5.74) is 2.45. The molecule has 1 saturated carbocycles. The lowest BCUT2D eigenvalue weighted by molar-refractivity contribution is 0.318. The van der Waals surface area contributed by atoms with E-state index in [-0.39, 0.29) is 0 Å². The van der Waals surface area contributed by atoms with E-state index in [2.05, 4.69) is 37.4 Å². The molecular weight excluding hydrogens is 246 g/mol. The van der Waals surface area contributed by atoms with Crippen LogP contribution >= 0.6 is 0 Å². The van der Waals surface area contributed by atoms with E-state index in [0.717, 1.165) is 36.9 Å². The summed E-state index contributed by atoms with van der Waals surface area (Å²) >= 11 is 0. The maximum atomic E-state index is 5.82. The van der Waals surface area contributed by atoms with Crippen molar-refractivity contribution in [2.75, 3.05) is 18.5 Å². The van der Waals surface area contributed by atoms with E-state index in [0.29, 0.717) is 0 Å². The van der Waals surface area contributed by atoms with Gasteiger partial charge in [0.15, 0.2) is 0 Å². The fraction of sp³-hybridized carbons (Fsp3) is 0.667. The smallest absolute Gasteiger partial charge is 0.142 e. The molecule has 2 rings (SSSR count). The molecule has 1 aliphatic rings. The Morgan fingerprint density at radius 2 is 2.00 bits per heavy atom. The standard InChI is InChI=1S/C18H29NO/c1-3-13-20-18-10-9-15(2)14-17(18)19-12-11-16-7-5-4-6-8-16/h9-10,14,16,19H,3-8,11-13H2,1-2H3. The number of aryl methyl sites for hydroxylation is 1. The molecule has 0 saturated heterocycles. The Balaban J connectivity index is 1.85. The van der Waals surface area contributed by atoms with Crippen molar-refractivity contribution in [3.05, 3.63) is 23.8 Å². The predicted octanol–water partition coefficient (Wildman–Crippen LogP) is 5.17. The van der Waals surface area contributed by atoms with Gasteiger partial charge in [-0.2, -0.15) is 0 Å². The highest BCUT2D eigenvalue weighted by Gasteiger charge is 2.13. The van der Waals surface area contributed by atoms with Crippen molar-refractivity contribution >= 4 is 5.69 Å². The van der Waals surface area contributed by atoms with Crippen LogP contribution < -0.4 is 10.1 Å². The lowest BCUT2D eigenvalue weighted by Crippen LogP contribution is -2.12. The zero-order chi connectivity index (χ0) is 14.2. The summed E-state index contributed by atoms with van der Waals surface area (Å²) in [5, 5.41) is 3.59. The van der Waals surface area contributed by atoms with Crippen LogP contribution in [-0.2, 0) is 0 Å². The number of nitrogens with one attached hydrogen (secondary N) is 1. The van der Waals surface area contributed by atoms with Gasteiger partial charge in [0.1, 0.15) is 5.75 Å². The highest BCUT2D eigenvalue weighted by atomic mass is 16.5. The molecule has 1 N–H and O–H groups in total. The largest absolute Gasteiger partial charge is 0.491 e. The molecule has 1 aromatic carbocycles. The summed E-state index contributed by atoms with van der Waals surface area (Å²) in [4.78, 5) is 0. The average Bonchev–Trinajstić information content (AvgIpc) is 2.47. The molecule has 20 heavy (non-hydrogen) atoms. The highest BCUT2D eigenvalue weighted by molar-refractivity contribution is 5.58. The highest BCUT2D eigenvalue weighted by Crippen LogP contribution is 2.28. The van der Waals surface area contributed by atoms with Gasteiger partial charge in [0.2, 0.25) is 0 Å². The zero-order valence-corrected chi connectivity index (χ0v) is 13.1. The fourth-order valence-corrected chi connectivity index (χ4v) is 3.01. The maximum absolute atomic E-state index is 5.82. The number of benzene rings is 1. The van der Waals surface area contributed by atoms with Crippen LogP contribution in [0.15, 0.2) is 18.2 Å². The zero-order valence-electron chi connectivity index (χ0n) is 13.1. The van der Waals surface area contributed by atoms with Crippen LogP contribution in [0.2, 0.25) is 0 Å². The van der Waals surface area contributed by atoms with Crippen LogP contribution in [0.4, 0.5) is 5.69 Å². The Morgan fingerprint density at radius 3 is 2.75 bits per heavy atom. The summed E-state index contributed by atoms with van der Waals surface area (Å²) < 4.78 is 5.82. The Bertz CT molecular complexity index is 396. The molecule has 2 nitrogen and oxygen atoms in total. The van der Waals surface area contributed by atoms with Crippen LogP contribution in [0.5, 0.6) is 5.75 Å². The first kappa shape index (κ1) is 15.2. The molecule has 0 unspecified atom stereocenters. The maximum Gasteiger partial charge on any atom is 0.142 e. The van der Waals surface area contributed by atoms with Gasteiger partial charge >= 0.3 is 0 Å². The Morgan fingerprint density at radius 1 is 1.20 bits per heavy atom. The van der Waals surface area contributed by atoms with Gasteiger partial charge in [0.25, 0.3) is 0 Å². The monoisotopic (exact) mass is 275 g/mol. The molecule has 0 radical (unpaired) electrons. The summed E-state index contributed by atoms with van der Waals surface area (Å²) in [6, 6.07) is 6.41. The van der Waals surface area contributed by atoms with Gasteiger partial charge in [-0.3, -0.25) is 0 Å². The van der Waals surface area contributed by atoms with Crippen LogP contribution in [0.25, 0.3) is 0 Å². The van der Waals surface area contributed by atoms with E-state index in [9.17, 15) is 0 Å². The number of ether oxygens (including phenoxy) is 1. The number of anilines is 1. The van der Waals surface area contributed by atoms with Crippen molar-refractivity contribution in [2.24, 2.45) is 5.92 Å². The second-order valence-corrected chi connectivity index (χ2v) is 6.07. The molecule has 0 aliphatic heterocycles. The van der Waals surface area contributed by atoms with Crippen molar-refractivity contribution in [2.45, 2.75) is 58.8 Å². The van der Waals surface area contributed by atoms with Gasteiger partial charge in [-0.05, 0) is 43.4 Å². The number of rotatable bonds is 7. The first-order valence-electron chi connectivity index (χ1n) is 8.27. The molecule has 0 bridgehead atoms. The van der Waals surface area contributed by atoms with Gasteiger partial charge < -0.3 is 10.1 Å². The second-order valence-electron chi connectivity index (χ2n) is 6.07. The van der Waals surface area contributed by atoms with Crippen molar-refractivity contribution in [3.8, 4) is 5.75 Å². The fourth-order valence-electron chi connectivity index (χ4n) is 3.01. The van der Waals surface area contributed by atoms with Crippen molar-refractivity contribution in [3.63, 3.8) is 0 Å². The van der Waals surface area contributed by atoms with E-state index in [1.165, 1.54) is 44.1 Å². The van der Waals surface area contributed by atoms with E-state index >= 15 is 0 Å². The van der Waals surface area contributed by atoms with Gasteiger partial charge in [-0.1, -0.05) is 45.1 Å². The quantitative estimate of drug-likeness (QED) is 0.741. The number of hydrogen-bond donors (Lipinski definition) is 1. The SMILES string of the molecule is CCCOc1ccc(C)cc1NCCC1CCCCC1. The molecule has 2 heteroatoms. The van der Waals surface area contributed by atoms with Crippen molar-refractivity contribution in [1.82, 2.24) is 0 Å². The van der Waals surface area contributed by atoms with Gasteiger partial charge in [-0.25, -0.2) is 0 Å². The molecule has 0 heterocycles. The molecule has 0 amide bonds. The third kappa shape index (κ3) is 4.73. The van der Waals surface area contributed by atoms with Gasteiger partial charge in [0.05, 0.1) is 12.3 Å². The van der Waals surface area contributed by atoms with Crippen LogP contribution in [-0.4, -0.2) is 13.2 Å². The lowest BCUT2D eigenvalue weighted by Gasteiger charge is -2.22. The second kappa shape index (κ2) is 8.18. The Hall–Kier alpha value is -1.18. The summed E-state index contributed by atoms with van der Waals surface area (Å²) in [6.07, 6.45) is 9.50. The third-order valence-electron chi connectivity index (χ3n) is 4.19. The van der Waals surface area contributed by atoms with Crippen molar-refractivity contribution < 1.29 is 4.74 Å². The lowest BCUT2D eigenvalue weighted by atomic mass is 9.87. The molecule has 0 aromatic heterocycles. The van der Waals surface area contributed by atoms with Crippen molar-refractivity contribution in [1.29, 1.82) is 0 Å². The summed E-state index contributed by atoms with van der Waals surface area (Å²) in [5.74, 6) is 1.93. The Kier molecular flexibility index (Phi) is 6.23.